The Balaban J connectivity index is 1.69. The average Bonchev–Trinajstić information content (AvgIpc) is 3.11. The molecule has 1 aromatic heterocycles. The molecular formula is C19H18N4O3S. The Kier molecular flexibility index (Phi) is 5.56. The number of aryl methyl sites for hydroxylation is 2. The van der Waals surface area contributed by atoms with E-state index in [4.69, 9.17) is 0 Å². The third-order valence-electron chi connectivity index (χ3n) is 4.08. The molecule has 0 aliphatic carbocycles. The minimum absolute atomic E-state index is 0.0912. The number of amides is 1. The fraction of sp³-hybridized carbons (Fsp3) is 0.158. The first-order valence-corrected chi connectivity index (χ1v) is 9.21. The number of carbonyl (C=O) groups is 1. The second-order valence-corrected chi connectivity index (χ2v) is 6.90. The van der Waals surface area contributed by atoms with Crippen molar-refractivity contribution in [2.45, 2.75) is 19.0 Å². The first kappa shape index (κ1) is 18.7. The van der Waals surface area contributed by atoms with Gasteiger partial charge < -0.3 is 5.32 Å². The third-order valence-corrected chi connectivity index (χ3v) is 5.05. The van der Waals surface area contributed by atoms with E-state index in [0.29, 0.717) is 5.16 Å². The number of hydrogen-bond donors (Lipinski definition) is 1. The van der Waals surface area contributed by atoms with Crippen molar-refractivity contribution < 1.29 is 9.72 Å². The number of carbonyl (C=O) groups excluding carboxylic acids is 1. The van der Waals surface area contributed by atoms with Gasteiger partial charge in [-0.3, -0.25) is 19.5 Å². The Morgan fingerprint density at radius 2 is 2.00 bits per heavy atom. The molecule has 0 saturated heterocycles. The number of para-hydroxylation sites is 2. The zero-order valence-electron chi connectivity index (χ0n) is 14.9. The topological polar surface area (TPSA) is 90.1 Å². The van der Waals surface area contributed by atoms with Crippen molar-refractivity contribution in [3.05, 3.63) is 76.1 Å². The zero-order chi connectivity index (χ0) is 19.4. The first-order valence-electron chi connectivity index (χ1n) is 8.23. The maximum Gasteiger partial charge on any atom is 0.292 e. The first-order chi connectivity index (χ1) is 13.0. The highest BCUT2D eigenvalue weighted by Crippen LogP contribution is 2.25. The number of nitrogens with one attached hydrogen (secondary N) is 1. The smallest absolute Gasteiger partial charge is 0.292 e. The summed E-state index contributed by atoms with van der Waals surface area (Å²) in [5, 5.41) is 14.3. The van der Waals surface area contributed by atoms with Gasteiger partial charge >= 0.3 is 0 Å². The number of thioether (sulfide) groups is 1. The molecule has 2 aromatic carbocycles. The van der Waals surface area contributed by atoms with E-state index in [9.17, 15) is 14.9 Å². The second-order valence-electron chi connectivity index (χ2n) is 5.96. The van der Waals surface area contributed by atoms with Crippen molar-refractivity contribution in [2.75, 3.05) is 11.1 Å². The van der Waals surface area contributed by atoms with Crippen molar-refractivity contribution in [1.29, 1.82) is 0 Å². The van der Waals surface area contributed by atoms with Crippen LogP contribution < -0.4 is 5.32 Å². The van der Waals surface area contributed by atoms with Gasteiger partial charge in [-0.05, 0) is 43.2 Å². The van der Waals surface area contributed by atoms with Gasteiger partial charge in [-0.1, -0.05) is 30.0 Å². The molecule has 1 N–H and O–H groups in total. The maximum atomic E-state index is 12.2. The molecule has 0 saturated carbocycles. The fourth-order valence-electron chi connectivity index (χ4n) is 2.52. The molecular weight excluding hydrogens is 364 g/mol. The number of benzene rings is 2. The van der Waals surface area contributed by atoms with Crippen LogP contribution in [0, 0.1) is 24.0 Å². The zero-order valence-corrected chi connectivity index (χ0v) is 15.7. The van der Waals surface area contributed by atoms with Crippen molar-refractivity contribution >= 4 is 29.0 Å². The number of nitro benzene ring substituents is 1. The number of aromatic nitrogens is 2. The Hall–Kier alpha value is -3.13. The van der Waals surface area contributed by atoms with E-state index in [1.807, 2.05) is 29.8 Å². The van der Waals surface area contributed by atoms with Gasteiger partial charge in [-0.15, -0.1) is 0 Å². The average molecular weight is 382 g/mol. The van der Waals surface area contributed by atoms with Crippen molar-refractivity contribution in [2.24, 2.45) is 0 Å². The predicted molar refractivity (Wildman–Crippen MR) is 105 cm³/mol. The van der Waals surface area contributed by atoms with E-state index in [-0.39, 0.29) is 23.0 Å². The molecule has 3 rings (SSSR count). The number of nitrogens with zero attached hydrogens (tertiary/aromatic N) is 3. The fourth-order valence-corrected chi connectivity index (χ4v) is 3.30. The molecule has 0 fully saturated rings. The molecule has 7 nitrogen and oxygen atoms in total. The van der Waals surface area contributed by atoms with Crippen LogP contribution in [-0.2, 0) is 4.79 Å². The monoisotopic (exact) mass is 382 g/mol. The quantitative estimate of drug-likeness (QED) is 0.393. The van der Waals surface area contributed by atoms with Crippen LogP contribution in [0.15, 0.2) is 60.0 Å². The van der Waals surface area contributed by atoms with Crippen molar-refractivity contribution in [1.82, 2.24) is 9.55 Å². The van der Waals surface area contributed by atoms with Gasteiger partial charge in [0, 0.05) is 24.1 Å². The van der Waals surface area contributed by atoms with Crippen molar-refractivity contribution in [3.8, 4) is 5.69 Å². The highest BCUT2D eigenvalue weighted by atomic mass is 32.2. The number of rotatable bonds is 6. The molecule has 0 atom stereocenters. The van der Waals surface area contributed by atoms with Gasteiger partial charge in [-0.2, -0.15) is 0 Å². The van der Waals surface area contributed by atoms with E-state index in [2.05, 4.69) is 23.3 Å². The SMILES string of the molecule is Cc1ccc(-n2ccnc2SCC(=O)Nc2ccccc2[N+](=O)[O-])cc1C. The molecule has 0 aliphatic rings. The number of anilines is 1. The van der Waals surface area contributed by atoms with Crippen LogP contribution in [0.3, 0.4) is 0 Å². The largest absolute Gasteiger partial charge is 0.320 e. The summed E-state index contributed by atoms with van der Waals surface area (Å²) in [6.45, 7) is 4.10. The third kappa shape index (κ3) is 4.35. The molecule has 0 radical (unpaired) electrons. The summed E-state index contributed by atoms with van der Waals surface area (Å²) >= 11 is 1.27. The van der Waals surface area contributed by atoms with E-state index >= 15 is 0 Å². The van der Waals surface area contributed by atoms with Crippen LogP contribution in [-0.4, -0.2) is 26.1 Å². The van der Waals surface area contributed by atoms with Crippen LogP contribution in [0.5, 0.6) is 0 Å². The Morgan fingerprint density at radius 3 is 2.74 bits per heavy atom. The molecule has 138 valence electrons. The highest BCUT2D eigenvalue weighted by Gasteiger charge is 2.16. The molecule has 27 heavy (non-hydrogen) atoms. The molecule has 0 aliphatic heterocycles. The molecule has 0 spiro atoms. The van der Waals surface area contributed by atoms with Crippen LogP contribution in [0.4, 0.5) is 11.4 Å². The summed E-state index contributed by atoms with van der Waals surface area (Å²) in [4.78, 5) is 27.1. The normalized spacial score (nSPS) is 10.6. The lowest BCUT2D eigenvalue weighted by atomic mass is 10.1. The second kappa shape index (κ2) is 8.05. The van der Waals surface area contributed by atoms with Gasteiger partial charge in [0.1, 0.15) is 5.69 Å². The Bertz CT molecular complexity index is 1000. The van der Waals surface area contributed by atoms with Gasteiger partial charge in [-0.25, -0.2) is 4.98 Å². The van der Waals surface area contributed by atoms with E-state index in [1.165, 1.54) is 35.0 Å². The van der Waals surface area contributed by atoms with Gasteiger partial charge in [0.25, 0.3) is 5.69 Å². The lowest BCUT2D eigenvalue weighted by molar-refractivity contribution is -0.383. The molecule has 1 amide bonds. The number of hydrogen-bond acceptors (Lipinski definition) is 5. The minimum atomic E-state index is -0.519. The lowest BCUT2D eigenvalue weighted by Gasteiger charge is -2.10. The van der Waals surface area contributed by atoms with Crippen LogP contribution in [0.25, 0.3) is 5.69 Å². The van der Waals surface area contributed by atoms with Crippen LogP contribution >= 0.6 is 11.8 Å². The summed E-state index contributed by atoms with van der Waals surface area (Å²) in [6.07, 6.45) is 3.52. The molecule has 1 heterocycles. The molecule has 0 bridgehead atoms. The minimum Gasteiger partial charge on any atom is -0.320 e. The van der Waals surface area contributed by atoms with E-state index in [0.717, 1.165) is 5.69 Å². The summed E-state index contributed by atoms with van der Waals surface area (Å²) in [5.74, 6) is -0.239. The van der Waals surface area contributed by atoms with Crippen molar-refractivity contribution in [3.63, 3.8) is 0 Å². The van der Waals surface area contributed by atoms with E-state index < -0.39 is 4.92 Å². The van der Waals surface area contributed by atoms with E-state index in [1.54, 1.807) is 18.3 Å². The molecule has 0 unspecified atom stereocenters. The summed E-state index contributed by atoms with van der Waals surface area (Å²) < 4.78 is 1.91. The Morgan fingerprint density at radius 1 is 1.22 bits per heavy atom. The summed E-state index contributed by atoms with van der Waals surface area (Å²) in [7, 11) is 0. The summed E-state index contributed by atoms with van der Waals surface area (Å²) in [6, 6.07) is 12.2. The number of nitro groups is 1. The lowest BCUT2D eigenvalue weighted by Crippen LogP contribution is -2.15. The van der Waals surface area contributed by atoms with Gasteiger partial charge in [0.2, 0.25) is 5.91 Å². The number of imidazole rings is 1. The van der Waals surface area contributed by atoms with Crippen LogP contribution in [0.2, 0.25) is 0 Å². The highest BCUT2D eigenvalue weighted by molar-refractivity contribution is 7.99. The predicted octanol–water partition coefficient (Wildman–Crippen LogP) is 4.13. The van der Waals surface area contributed by atoms with Gasteiger partial charge in [0.05, 0.1) is 10.7 Å². The van der Waals surface area contributed by atoms with Crippen LogP contribution in [0.1, 0.15) is 11.1 Å². The van der Waals surface area contributed by atoms with Gasteiger partial charge in [0.15, 0.2) is 5.16 Å². The maximum absolute atomic E-state index is 12.2. The Labute approximate surface area is 160 Å². The molecule has 3 aromatic rings. The standard InChI is InChI=1S/C19H18N4O3S/c1-13-7-8-15(11-14(13)2)22-10-9-20-19(22)27-12-18(24)21-16-5-3-4-6-17(16)23(25)26/h3-11H,12H2,1-2H3,(H,21,24). The molecule has 8 heteroatoms. The summed E-state index contributed by atoms with van der Waals surface area (Å²) in [5.41, 5.74) is 3.40.